The maximum atomic E-state index is 12.2. The van der Waals surface area contributed by atoms with Crippen LogP contribution in [0.1, 0.15) is 50.9 Å². The Hall–Kier alpha value is -1.62. The van der Waals surface area contributed by atoms with E-state index in [9.17, 15) is 9.90 Å². The molecule has 1 unspecified atom stereocenters. The Morgan fingerprint density at radius 2 is 2.05 bits per heavy atom. The highest BCUT2D eigenvalue weighted by atomic mass is 16.5. The number of hydrogen-bond acceptors (Lipinski definition) is 4. The first kappa shape index (κ1) is 15.8. The summed E-state index contributed by atoms with van der Waals surface area (Å²) < 4.78 is 5.62. The van der Waals surface area contributed by atoms with Crippen LogP contribution in [0.15, 0.2) is 18.3 Å². The first-order chi connectivity index (χ1) is 9.73. The van der Waals surface area contributed by atoms with E-state index in [-0.39, 0.29) is 18.1 Å². The van der Waals surface area contributed by atoms with Gasteiger partial charge in [0.1, 0.15) is 5.60 Å². The zero-order valence-electron chi connectivity index (χ0n) is 13.1. The summed E-state index contributed by atoms with van der Waals surface area (Å²) in [6.45, 7) is 7.65. The average molecular weight is 292 g/mol. The fourth-order valence-corrected chi connectivity index (χ4v) is 2.21. The van der Waals surface area contributed by atoms with E-state index >= 15 is 0 Å². The molecule has 1 aromatic rings. The second-order valence-electron chi connectivity index (χ2n) is 6.90. The Labute approximate surface area is 125 Å². The quantitative estimate of drug-likeness (QED) is 0.872. The summed E-state index contributed by atoms with van der Waals surface area (Å²) in [6, 6.07) is 3.38. The van der Waals surface area contributed by atoms with E-state index in [1.54, 1.807) is 12.1 Å². The van der Waals surface area contributed by atoms with E-state index in [0.717, 1.165) is 12.8 Å². The molecular formula is C16H24N2O3. The molecule has 21 heavy (non-hydrogen) atoms. The van der Waals surface area contributed by atoms with Crippen molar-refractivity contribution in [2.24, 2.45) is 5.92 Å². The van der Waals surface area contributed by atoms with Gasteiger partial charge in [-0.05, 0) is 52.5 Å². The molecule has 0 aliphatic heterocycles. The second kappa shape index (κ2) is 5.64. The molecule has 2 rings (SSSR count). The summed E-state index contributed by atoms with van der Waals surface area (Å²) in [5, 5.41) is 12.4. The molecule has 1 amide bonds. The molecule has 0 spiro atoms. The molecule has 2 N–H and O–H groups in total. The first-order valence-electron chi connectivity index (χ1n) is 7.32. The second-order valence-corrected chi connectivity index (χ2v) is 6.90. The number of hydrogen-bond donors (Lipinski definition) is 2. The highest BCUT2D eigenvalue weighted by molar-refractivity contribution is 5.94. The third-order valence-electron chi connectivity index (χ3n) is 3.62. The van der Waals surface area contributed by atoms with Crippen LogP contribution >= 0.6 is 0 Å². The summed E-state index contributed by atoms with van der Waals surface area (Å²) in [6.07, 6.45) is 3.60. The van der Waals surface area contributed by atoms with Gasteiger partial charge in [-0.15, -0.1) is 0 Å². The predicted molar refractivity (Wildman–Crippen MR) is 80.3 cm³/mol. The van der Waals surface area contributed by atoms with Gasteiger partial charge in [-0.25, -0.2) is 4.98 Å². The zero-order valence-corrected chi connectivity index (χ0v) is 13.1. The lowest BCUT2D eigenvalue weighted by Crippen LogP contribution is -2.50. The molecule has 1 saturated carbocycles. The maximum Gasteiger partial charge on any atom is 0.253 e. The topological polar surface area (TPSA) is 71.5 Å². The Balaban J connectivity index is 2.03. The lowest BCUT2D eigenvalue weighted by atomic mass is 9.96. The molecule has 1 aliphatic rings. The molecule has 1 aromatic heterocycles. The van der Waals surface area contributed by atoms with Crippen molar-refractivity contribution >= 4 is 5.91 Å². The van der Waals surface area contributed by atoms with Gasteiger partial charge in [-0.1, -0.05) is 0 Å². The molecule has 5 nitrogen and oxygen atoms in total. The molecular weight excluding hydrogens is 268 g/mol. The average Bonchev–Trinajstić information content (AvgIpc) is 3.22. The molecule has 0 saturated heterocycles. The number of pyridine rings is 1. The van der Waals surface area contributed by atoms with Crippen LogP contribution in [0.5, 0.6) is 5.88 Å². The van der Waals surface area contributed by atoms with Crippen molar-refractivity contribution in [2.75, 3.05) is 6.61 Å². The summed E-state index contributed by atoms with van der Waals surface area (Å²) in [7, 11) is 0. The van der Waals surface area contributed by atoms with Crippen LogP contribution in [-0.4, -0.2) is 33.7 Å². The molecule has 5 heteroatoms. The molecule has 0 aromatic carbocycles. The molecule has 116 valence electrons. The minimum absolute atomic E-state index is 0.0535. The third-order valence-corrected chi connectivity index (χ3v) is 3.62. The highest BCUT2D eigenvalue weighted by Gasteiger charge is 2.42. The lowest BCUT2D eigenvalue weighted by molar-refractivity contribution is 0.0824. The van der Waals surface area contributed by atoms with Crippen LogP contribution in [0.2, 0.25) is 0 Å². The van der Waals surface area contributed by atoms with Crippen molar-refractivity contribution < 1.29 is 14.6 Å². The number of aliphatic hydroxyl groups excluding tert-OH is 1. The van der Waals surface area contributed by atoms with Gasteiger partial charge in [-0.2, -0.15) is 0 Å². The number of carbonyl (C=O) groups excluding carboxylic acids is 1. The Kier molecular flexibility index (Phi) is 4.23. The maximum absolute atomic E-state index is 12.2. The van der Waals surface area contributed by atoms with E-state index in [4.69, 9.17) is 4.74 Å². The van der Waals surface area contributed by atoms with E-state index in [0.29, 0.717) is 17.4 Å². The smallest absolute Gasteiger partial charge is 0.253 e. The lowest BCUT2D eigenvalue weighted by Gasteiger charge is -2.28. The van der Waals surface area contributed by atoms with Gasteiger partial charge < -0.3 is 15.2 Å². The van der Waals surface area contributed by atoms with Gasteiger partial charge in [0, 0.05) is 12.3 Å². The van der Waals surface area contributed by atoms with Gasteiger partial charge in [0.25, 0.3) is 5.91 Å². The Morgan fingerprint density at radius 1 is 1.38 bits per heavy atom. The highest BCUT2D eigenvalue weighted by Crippen LogP contribution is 2.39. The summed E-state index contributed by atoms with van der Waals surface area (Å²) in [5.74, 6) is 0.641. The standard InChI is InChI=1S/C16H24N2O3/c1-15(2,3)21-13-8-5-11(9-17-13)14(20)18-16(4,10-19)12-6-7-12/h5,8-9,12,19H,6-7,10H2,1-4H3,(H,18,20). The molecule has 1 heterocycles. The minimum Gasteiger partial charge on any atom is -0.472 e. The van der Waals surface area contributed by atoms with E-state index < -0.39 is 5.54 Å². The van der Waals surface area contributed by atoms with Crippen molar-refractivity contribution in [3.05, 3.63) is 23.9 Å². The normalized spacial score (nSPS) is 18.0. The molecule has 1 fully saturated rings. The number of aliphatic hydroxyl groups is 1. The van der Waals surface area contributed by atoms with Gasteiger partial charge in [0.15, 0.2) is 0 Å². The van der Waals surface area contributed by atoms with Crippen LogP contribution in [0, 0.1) is 5.92 Å². The van der Waals surface area contributed by atoms with Crippen LogP contribution in [0.3, 0.4) is 0 Å². The molecule has 0 bridgehead atoms. The molecule has 1 aliphatic carbocycles. The molecule has 1 atom stereocenters. The van der Waals surface area contributed by atoms with Crippen LogP contribution in [0.4, 0.5) is 0 Å². The largest absolute Gasteiger partial charge is 0.472 e. The van der Waals surface area contributed by atoms with Gasteiger partial charge in [0.2, 0.25) is 5.88 Å². The minimum atomic E-state index is -0.544. The number of aromatic nitrogens is 1. The number of rotatable bonds is 5. The summed E-state index contributed by atoms with van der Waals surface area (Å²) in [5.41, 5.74) is -0.396. The van der Waals surface area contributed by atoms with Crippen LogP contribution in [0.25, 0.3) is 0 Å². The Morgan fingerprint density at radius 3 is 2.48 bits per heavy atom. The third kappa shape index (κ3) is 4.17. The van der Waals surface area contributed by atoms with Crippen molar-refractivity contribution in [1.82, 2.24) is 10.3 Å². The summed E-state index contributed by atoms with van der Waals surface area (Å²) in [4.78, 5) is 16.4. The van der Waals surface area contributed by atoms with Crippen molar-refractivity contribution in [3.63, 3.8) is 0 Å². The van der Waals surface area contributed by atoms with Gasteiger partial charge >= 0.3 is 0 Å². The SMILES string of the molecule is CC(C)(C)Oc1ccc(C(=O)NC(C)(CO)C2CC2)cn1. The van der Waals surface area contributed by atoms with Crippen molar-refractivity contribution in [3.8, 4) is 5.88 Å². The van der Waals surface area contributed by atoms with Crippen molar-refractivity contribution in [1.29, 1.82) is 0 Å². The monoisotopic (exact) mass is 292 g/mol. The van der Waals surface area contributed by atoms with E-state index in [1.807, 2.05) is 27.7 Å². The zero-order chi connectivity index (χ0) is 15.7. The van der Waals surface area contributed by atoms with Crippen LogP contribution < -0.4 is 10.1 Å². The summed E-state index contributed by atoms with van der Waals surface area (Å²) >= 11 is 0. The number of nitrogens with one attached hydrogen (secondary N) is 1. The number of carbonyl (C=O) groups is 1. The van der Waals surface area contributed by atoms with Crippen molar-refractivity contribution in [2.45, 2.75) is 51.7 Å². The first-order valence-corrected chi connectivity index (χ1v) is 7.32. The number of nitrogens with zero attached hydrogens (tertiary/aromatic N) is 1. The van der Waals surface area contributed by atoms with Gasteiger partial charge in [-0.3, -0.25) is 4.79 Å². The van der Waals surface area contributed by atoms with Gasteiger partial charge in [0.05, 0.1) is 17.7 Å². The molecule has 0 radical (unpaired) electrons. The number of ether oxygens (including phenoxy) is 1. The Bertz CT molecular complexity index is 503. The fourth-order valence-electron chi connectivity index (χ4n) is 2.21. The van der Waals surface area contributed by atoms with E-state index in [1.165, 1.54) is 6.20 Å². The van der Waals surface area contributed by atoms with Crippen LogP contribution in [-0.2, 0) is 0 Å². The number of amides is 1. The fraction of sp³-hybridized carbons (Fsp3) is 0.625. The van der Waals surface area contributed by atoms with E-state index in [2.05, 4.69) is 10.3 Å². The predicted octanol–water partition coefficient (Wildman–Crippen LogP) is 2.15.